The molecule has 6 heteroatoms. The van der Waals surface area contributed by atoms with Gasteiger partial charge in [0.2, 0.25) is 0 Å². The predicted molar refractivity (Wildman–Crippen MR) is 120 cm³/mol. The Morgan fingerprint density at radius 1 is 1.17 bits per heavy atom. The Labute approximate surface area is 173 Å². The van der Waals surface area contributed by atoms with Gasteiger partial charge in [0.15, 0.2) is 5.82 Å². The molecule has 0 amide bonds. The van der Waals surface area contributed by atoms with Gasteiger partial charge in [-0.15, -0.1) is 11.3 Å². The lowest BCUT2D eigenvalue weighted by molar-refractivity contribution is 0.146. The fourth-order valence-electron chi connectivity index (χ4n) is 4.00. The molecule has 0 atom stereocenters. The summed E-state index contributed by atoms with van der Waals surface area (Å²) >= 11 is 1.75. The Hall–Kier alpha value is -2.70. The molecule has 148 valence electrons. The molecule has 0 aliphatic carbocycles. The van der Waals surface area contributed by atoms with Crippen molar-refractivity contribution in [1.82, 2.24) is 14.5 Å². The van der Waals surface area contributed by atoms with Gasteiger partial charge >= 0.3 is 0 Å². The molecule has 2 N–H and O–H groups in total. The van der Waals surface area contributed by atoms with Crippen molar-refractivity contribution in [3.8, 4) is 10.4 Å². The maximum Gasteiger partial charge on any atom is 0.152 e. The highest BCUT2D eigenvalue weighted by Gasteiger charge is 2.18. The first-order valence-electron chi connectivity index (χ1n) is 10.1. The zero-order valence-corrected chi connectivity index (χ0v) is 17.3. The lowest BCUT2D eigenvalue weighted by atomic mass is 10.1. The van der Waals surface area contributed by atoms with Crippen molar-refractivity contribution < 1.29 is 4.74 Å². The number of pyridine rings is 1. The van der Waals surface area contributed by atoms with E-state index in [1.54, 1.807) is 11.3 Å². The third-order valence-electron chi connectivity index (χ3n) is 5.58. The fraction of sp³-hybridized carbons (Fsp3) is 0.304. The van der Waals surface area contributed by atoms with E-state index in [9.17, 15) is 0 Å². The number of hydrogen-bond acceptors (Lipinski definition) is 5. The minimum Gasteiger partial charge on any atom is -0.382 e. The van der Waals surface area contributed by atoms with Crippen molar-refractivity contribution in [2.24, 2.45) is 7.05 Å². The van der Waals surface area contributed by atoms with E-state index in [1.165, 1.54) is 16.0 Å². The van der Waals surface area contributed by atoms with Crippen LogP contribution in [0.4, 0.5) is 5.82 Å². The number of benzene rings is 1. The van der Waals surface area contributed by atoms with Crippen LogP contribution in [0.5, 0.6) is 0 Å². The highest BCUT2D eigenvalue weighted by Crippen LogP contribution is 2.38. The molecule has 3 aromatic heterocycles. The van der Waals surface area contributed by atoms with Crippen LogP contribution < -0.4 is 5.73 Å². The highest BCUT2D eigenvalue weighted by atomic mass is 32.1. The molecule has 4 aromatic rings. The first kappa shape index (κ1) is 18.3. The van der Waals surface area contributed by atoms with Crippen LogP contribution in [0.1, 0.15) is 25.1 Å². The number of imidazole rings is 1. The number of hydrogen-bond donors (Lipinski definition) is 1. The largest absolute Gasteiger partial charge is 0.382 e. The molecule has 4 heterocycles. The number of aromatic nitrogens is 3. The summed E-state index contributed by atoms with van der Waals surface area (Å²) in [5, 5.41) is 0. The molecule has 29 heavy (non-hydrogen) atoms. The summed E-state index contributed by atoms with van der Waals surface area (Å²) in [7, 11) is 2.08. The average molecular weight is 405 g/mol. The lowest BCUT2D eigenvalue weighted by Crippen LogP contribution is -1.97. The number of nitrogens with two attached hydrogens (primary N) is 1. The highest BCUT2D eigenvalue weighted by molar-refractivity contribution is 7.23. The minimum atomic E-state index is 0.502. The van der Waals surface area contributed by atoms with Gasteiger partial charge in [-0.05, 0) is 30.9 Å². The van der Waals surface area contributed by atoms with Gasteiger partial charge in [0.05, 0.1) is 22.3 Å². The van der Waals surface area contributed by atoms with Gasteiger partial charge in [-0.25, -0.2) is 9.97 Å². The number of thiophene rings is 1. The summed E-state index contributed by atoms with van der Waals surface area (Å²) < 4.78 is 8.90. The van der Waals surface area contributed by atoms with Crippen molar-refractivity contribution in [3.05, 3.63) is 53.9 Å². The van der Waals surface area contributed by atoms with E-state index in [1.807, 2.05) is 6.07 Å². The number of anilines is 1. The predicted octanol–water partition coefficient (Wildman–Crippen LogP) is 5.10. The number of aryl methyl sites for hydroxylation is 1. The van der Waals surface area contributed by atoms with Crippen LogP contribution in [0, 0.1) is 0 Å². The molecule has 5 rings (SSSR count). The quantitative estimate of drug-likeness (QED) is 0.482. The van der Waals surface area contributed by atoms with Crippen LogP contribution in [0.2, 0.25) is 0 Å². The molecule has 1 aliphatic heterocycles. The molecular formula is C23H24N4OS. The van der Waals surface area contributed by atoms with Crippen molar-refractivity contribution in [1.29, 1.82) is 0 Å². The van der Waals surface area contributed by atoms with Gasteiger partial charge in [-0.1, -0.05) is 42.0 Å². The summed E-state index contributed by atoms with van der Waals surface area (Å²) in [5.41, 5.74) is 11.8. The van der Waals surface area contributed by atoms with E-state index in [4.69, 9.17) is 15.5 Å². The minimum absolute atomic E-state index is 0.502. The third kappa shape index (κ3) is 3.43. The summed E-state index contributed by atoms with van der Waals surface area (Å²) in [5.74, 6) is 1.52. The Morgan fingerprint density at radius 3 is 2.90 bits per heavy atom. The van der Waals surface area contributed by atoms with E-state index >= 15 is 0 Å². The van der Waals surface area contributed by atoms with Gasteiger partial charge in [0.25, 0.3) is 0 Å². The van der Waals surface area contributed by atoms with Crippen LogP contribution in [0.3, 0.4) is 0 Å². The van der Waals surface area contributed by atoms with Crippen molar-refractivity contribution >= 4 is 38.4 Å². The number of rotatable bonds is 3. The molecule has 0 bridgehead atoms. The van der Waals surface area contributed by atoms with Crippen molar-refractivity contribution in [3.63, 3.8) is 0 Å². The Balaban J connectivity index is 1.58. The Morgan fingerprint density at radius 2 is 2.03 bits per heavy atom. The van der Waals surface area contributed by atoms with Gasteiger partial charge in [0.1, 0.15) is 11.3 Å². The van der Waals surface area contributed by atoms with Crippen LogP contribution >= 0.6 is 11.3 Å². The number of allylic oxidation sites excluding steroid dienone is 1. The second kappa shape index (κ2) is 7.61. The van der Waals surface area contributed by atoms with Crippen LogP contribution in [-0.2, 0) is 18.2 Å². The summed E-state index contributed by atoms with van der Waals surface area (Å²) in [6.45, 7) is 1.69. The molecule has 0 radical (unpaired) electrons. The number of nitrogens with zero attached hydrogens (tertiary/aromatic N) is 3. The molecule has 0 saturated carbocycles. The smallest absolute Gasteiger partial charge is 0.152 e. The zero-order valence-electron chi connectivity index (χ0n) is 16.5. The Bertz CT molecular complexity index is 1200. The van der Waals surface area contributed by atoms with E-state index < -0.39 is 0 Å². The topological polar surface area (TPSA) is 66.0 Å². The van der Waals surface area contributed by atoms with Crippen LogP contribution in [0.25, 0.3) is 31.7 Å². The van der Waals surface area contributed by atoms with E-state index in [0.29, 0.717) is 5.82 Å². The van der Waals surface area contributed by atoms with Gasteiger partial charge in [-0.3, -0.25) is 0 Å². The third-order valence-corrected chi connectivity index (χ3v) is 6.76. The molecular weight excluding hydrogens is 380 g/mol. The molecule has 1 saturated heterocycles. The van der Waals surface area contributed by atoms with Gasteiger partial charge < -0.3 is 15.0 Å². The average Bonchev–Trinajstić information content (AvgIpc) is 3.18. The normalized spacial score (nSPS) is 16.7. The number of nitrogen functional groups attached to an aromatic ring is 1. The second-order valence-corrected chi connectivity index (χ2v) is 8.56. The summed E-state index contributed by atoms with van der Waals surface area (Å²) in [6.07, 6.45) is 6.36. The van der Waals surface area contributed by atoms with E-state index in [-0.39, 0.29) is 0 Å². The van der Waals surface area contributed by atoms with Crippen molar-refractivity contribution in [2.75, 3.05) is 18.9 Å². The molecule has 1 aliphatic rings. The summed E-state index contributed by atoms with van der Waals surface area (Å²) in [6, 6.07) is 12.5. The zero-order chi connectivity index (χ0) is 19.8. The van der Waals surface area contributed by atoms with E-state index in [0.717, 1.165) is 66.0 Å². The number of ether oxygens (including phenoxy) is 1. The fourth-order valence-corrected chi connectivity index (χ4v) is 5.18. The summed E-state index contributed by atoms with van der Waals surface area (Å²) in [4.78, 5) is 10.7. The maximum atomic E-state index is 6.30. The molecule has 5 nitrogen and oxygen atoms in total. The molecule has 0 spiro atoms. The van der Waals surface area contributed by atoms with Crippen LogP contribution in [-0.4, -0.2) is 27.7 Å². The lowest BCUT2D eigenvalue weighted by Gasteiger charge is -2.03. The first-order valence-corrected chi connectivity index (χ1v) is 10.9. The molecule has 1 fully saturated rings. The monoisotopic (exact) mass is 404 g/mol. The van der Waals surface area contributed by atoms with Gasteiger partial charge in [0, 0.05) is 25.0 Å². The maximum absolute atomic E-state index is 6.30. The van der Waals surface area contributed by atoms with Crippen molar-refractivity contribution in [2.45, 2.75) is 25.7 Å². The Kier molecular flexibility index (Phi) is 4.81. The standard InChI is InChI=1S/C23H24N4OS/c1-27-19(10-9-15-6-5-12-28-13-11-15)26-20-21(27)22-17(25-23(20)24)14-18(29-22)16-7-3-2-4-8-16/h2-4,7-9,14H,5-6,10-13H2,1H3,(H2,24,25)/b15-9-. The first-order chi connectivity index (χ1) is 14.2. The van der Waals surface area contributed by atoms with E-state index in [2.05, 4.69) is 53.0 Å². The molecule has 1 aromatic carbocycles. The SMILES string of the molecule is Cn1c(C/C=C2/CCCOCC2)nc2c(N)nc3cc(-c4ccccc4)sc3c21. The second-order valence-electron chi connectivity index (χ2n) is 7.50. The van der Waals surface area contributed by atoms with Gasteiger partial charge in [-0.2, -0.15) is 0 Å². The molecule has 0 unspecified atom stereocenters. The van der Waals surface area contributed by atoms with Crippen LogP contribution in [0.15, 0.2) is 48.0 Å². The number of fused-ring (bicyclic) bond motifs is 3.